The summed E-state index contributed by atoms with van der Waals surface area (Å²) in [5.74, 6) is 0. The fraction of sp³-hybridized carbons (Fsp3) is 0.800. The molecule has 1 nitrogen and oxygen atoms in total. The van der Waals surface area contributed by atoms with Crippen LogP contribution in [0.4, 0.5) is 0 Å². The highest BCUT2D eigenvalue weighted by Crippen LogP contribution is 1.97. The second-order valence-corrected chi connectivity index (χ2v) is 2.26. The van der Waals surface area contributed by atoms with E-state index in [1.165, 1.54) is 0 Å². The van der Waals surface area contributed by atoms with E-state index in [4.69, 9.17) is 0 Å². The molecule has 0 saturated heterocycles. The Morgan fingerprint density at radius 3 is 1.50 bits per heavy atom. The first-order chi connectivity index (χ1) is 2.56. The minimum Gasteiger partial charge on any atom is -0.265 e. The summed E-state index contributed by atoms with van der Waals surface area (Å²) in [5, 5.41) is 0. The van der Waals surface area contributed by atoms with Crippen molar-refractivity contribution in [3.63, 3.8) is 0 Å². The van der Waals surface area contributed by atoms with Crippen molar-refractivity contribution in [2.75, 3.05) is 0 Å². The van der Waals surface area contributed by atoms with Crippen LogP contribution >= 0.6 is 0 Å². The van der Waals surface area contributed by atoms with Gasteiger partial charge in [0.15, 0.2) is 0 Å². The topological polar surface area (TPSA) is 11.3 Å². The summed E-state index contributed by atoms with van der Waals surface area (Å²) in [7, 11) is 0. The van der Waals surface area contributed by atoms with Gasteiger partial charge in [-0.1, -0.05) is 0 Å². The largest absolute Gasteiger partial charge is 0.274 e. The van der Waals surface area contributed by atoms with Crippen molar-refractivity contribution in [1.82, 2.24) is 0 Å². The van der Waals surface area contributed by atoms with Crippen LogP contribution in [0.3, 0.4) is 0 Å². The molecule has 0 amide bonds. The molecular weight excluding hydrogens is 76.1 g/mol. The lowest BCUT2D eigenvalue weighted by molar-refractivity contribution is -0.530. The molecule has 0 aromatic carbocycles. The van der Waals surface area contributed by atoms with E-state index in [9.17, 15) is 0 Å². The predicted molar refractivity (Wildman–Crippen MR) is 26.9 cm³/mol. The highest BCUT2D eigenvalue weighted by atomic mass is 16.4. The number of rotatable bonds is 0. The predicted octanol–water partition coefficient (Wildman–Crippen LogP) is 1.15. The van der Waals surface area contributed by atoms with Gasteiger partial charge in [-0.25, -0.2) is 0 Å². The first-order valence-electron chi connectivity index (χ1n) is 1.99. The van der Waals surface area contributed by atoms with Crippen LogP contribution in [-0.2, 0) is 4.42 Å². The molecule has 0 radical (unpaired) electrons. The third kappa shape index (κ3) is 3.67. The van der Waals surface area contributed by atoms with E-state index in [-0.39, 0.29) is 5.60 Å². The van der Waals surface area contributed by atoms with Gasteiger partial charge in [0.25, 0.3) is 12.4 Å². The van der Waals surface area contributed by atoms with Crippen molar-refractivity contribution in [2.24, 2.45) is 0 Å². The number of hydrogen-bond donors (Lipinski definition) is 0. The van der Waals surface area contributed by atoms with Crippen molar-refractivity contribution in [2.45, 2.75) is 26.4 Å². The minimum absolute atomic E-state index is 0.0694. The van der Waals surface area contributed by atoms with E-state index in [2.05, 4.69) is 11.2 Å². The van der Waals surface area contributed by atoms with Gasteiger partial charge in [-0.3, -0.25) is 4.42 Å². The molecule has 0 N–H and O–H groups in total. The van der Waals surface area contributed by atoms with Gasteiger partial charge in [0.2, 0.25) is 0 Å². The van der Waals surface area contributed by atoms with Gasteiger partial charge >= 0.3 is 0 Å². The van der Waals surface area contributed by atoms with Gasteiger partial charge in [-0.2, -0.15) is 0 Å². The second kappa shape index (κ2) is 1.41. The first kappa shape index (κ1) is 5.67. The molecule has 0 aliphatic rings. The lowest BCUT2D eigenvalue weighted by Gasteiger charge is -1.94. The van der Waals surface area contributed by atoms with Gasteiger partial charge in [-0.05, 0) is 0 Å². The number of hydrogen-bond acceptors (Lipinski definition) is 0. The van der Waals surface area contributed by atoms with Gasteiger partial charge in [-0.15, -0.1) is 0 Å². The fourth-order valence-corrected chi connectivity index (χ4v) is 0. The monoisotopic (exact) mass is 87.1 g/mol. The molecular formula is C5H11O+. The minimum atomic E-state index is -0.0694. The van der Waals surface area contributed by atoms with Crippen LogP contribution in [0.2, 0.25) is 0 Å². The first-order valence-corrected chi connectivity index (χ1v) is 1.99. The van der Waals surface area contributed by atoms with Crippen molar-refractivity contribution in [1.29, 1.82) is 0 Å². The molecule has 36 valence electrons. The zero-order chi connectivity index (χ0) is 5.21. The van der Waals surface area contributed by atoms with E-state index >= 15 is 0 Å². The lowest BCUT2D eigenvalue weighted by Crippen LogP contribution is -2.12. The van der Waals surface area contributed by atoms with Gasteiger partial charge in [0, 0.05) is 20.8 Å². The average Bonchev–Trinajstić information content (AvgIpc) is 1.35. The van der Waals surface area contributed by atoms with Crippen molar-refractivity contribution < 1.29 is 4.42 Å². The normalized spacial score (nSPS) is 11.2. The molecule has 0 fully saturated rings. The molecule has 1 heteroatoms. The molecule has 6 heavy (non-hydrogen) atoms. The molecule has 0 heterocycles. The van der Waals surface area contributed by atoms with Crippen LogP contribution in [0.1, 0.15) is 20.8 Å². The van der Waals surface area contributed by atoms with E-state index in [0.717, 1.165) is 0 Å². The van der Waals surface area contributed by atoms with E-state index in [1.54, 1.807) is 0 Å². The molecule has 0 rings (SSSR count). The van der Waals surface area contributed by atoms with Gasteiger partial charge < -0.3 is 0 Å². The molecule has 0 saturated carbocycles. The molecule has 0 bridgehead atoms. The van der Waals surface area contributed by atoms with E-state index in [1.807, 2.05) is 20.8 Å². The Bertz CT molecular complexity index is 49.4. The smallest absolute Gasteiger partial charge is 0.265 e. The Labute approximate surface area is 38.7 Å². The highest BCUT2D eigenvalue weighted by molar-refractivity contribution is 5.12. The van der Waals surface area contributed by atoms with Crippen LogP contribution < -0.4 is 0 Å². The average molecular weight is 87.1 g/mol. The summed E-state index contributed by atoms with van der Waals surface area (Å²) in [6.07, 6.45) is 0. The Morgan fingerprint density at radius 2 is 1.50 bits per heavy atom. The molecule has 0 spiro atoms. The third-order valence-electron chi connectivity index (χ3n) is 0.433. The maximum Gasteiger partial charge on any atom is 0.274 e. The van der Waals surface area contributed by atoms with E-state index in [0.29, 0.717) is 0 Å². The Hall–Kier alpha value is -0.330. The van der Waals surface area contributed by atoms with Crippen LogP contribution in [0.25, 0.3) is 0 Å². The second-order valence-electron chi connectivity index (χ2n) is 2.26. The third-order valence-corrected chi connectivity index (χ3v) is 0.433. The zero-order valence-corrected chi connectivity index (χ0v) is 4.62. The quantitative estimate of drug-likeness (QED) is 0.393. The molecule has 0 unspecified atom stereocenters. The maximum absolute atomic E-state index is 4.69. The van der Waals surface area contributed by atoms with Crippen molar-refractivity contribution >= 4 is 6.79 Å². The Morgan fingerprint density at radius 1 is 1.33 bits per heavy atom. The van der Waals surface area contributed by atoms with E-state index < -0.39 is 0 Å². The van der Waals surface area contributed by atoms with Gasteiger partial charge in [0.1, 0.15) is 0 Å². The highest BCUT2D eigenvalue weighted by Gasteiger charge is 2.15. The maximum atomic E-state index is 4.69. The fourth-order valence-electron chi connectivity index (χ4n) is 0. The van der Waals surface area contributed by atoms with Crippen LogP contribution in [0.15, 0.2) is 0 Å². The molecule has 0 atom stereocenters. The number of carbonyl (C=O) groups excluding carboxylic acids is 1. The molecule has 0 aliphatic heterocycles. The Kier molecular flexibility index (Phi) is 1.34. The van der Waals surface area contributed by atoms with Crippen LogP contribution in [-0.4, -0.2) is 12.4 Å². The molecule has 0 aromatic heterocycles. The molecule has 0 aliphatic carbocycles. The Balaban J connectivity index is 3.45. The summed E-state index contributed by atoms with van der Waals surface area (Å²) >= 11 is 0. The van der Waals surface area contributed by atoms with Gasteiger partial charge in [0.05, 0.1) is 0 Å². The lowest BCUT2D eigenvalue weighted by atomic mass is 10.2. The van der Waals surface area contributed by atoms with Crippen molar-refractivity contribution in [3.05, 3.63) is 0 Å². The van der Waals surface area contributed by atoms with Crippen LogP contribution in [0.5, 0.6) is 0 Å². The van der Waals surface area contributed by atoms with Crippen LogP contribution in [0, 0.1) is 0 Å². The zero-order valence-electron chi connectivity index (χ0n) is 4.62. The summed E-state index contributed by atoms with van der Waals surface area (Å²) in [6, 6.07) is 0. The SMILES string of the molecule is C=[O+]C(C)(C)C. The summed E-state index contributed by atoms with van der Waals surface area (Å²) in [4.78, 5) is 0. The van der Waals surface area contributed by atoms with Crippen molar-refractivity contribution in [3.8, 4) is 0 Å². The summed E-state index contributed by atoms with van der Waals surface area (Å²) in [5.41, 5.74) is -0.0694. The summed E-state index contributed by atoms with van der Waals surface area (Å²) in [6.45, 7) is 9.13. The molecule has 0 aromatic rings. The standard InChI is InChI=1S/C5H11O/c1-5(2,3)6-4/h4H2,1-3H3/q+1. The summed E-state index contributed by atoms with van der Waals surface area (Å²) < 4.78 is 4.69.